The van der Waals surface area contributed by atoms with Crippen molar-refractivity contribution in [2.24, 2.45) is 0 Å². The van der Waals surface area contributed by atoms with E-state index >= 15 is 0 Å². The van der Waals surface area contributed by atoms with E-state index in [9.17, 15) is 0 Å². The van der Waals surface area contributed by atoms with Crippen LogP contribution in [0.3, 0.4) is 0 Å². The fourth-order valence-electron chi connectivity index (χ4n) is 10.9. The molecule has 4 aromatic heterocycles. The quantitative estimate of drug-likeness (QED) is 0.166. The molecule has 0 amide bonds. The minimum Gasteiger partial charge on any atom is -0.456 e. The van der Waals surface area contributed by atoms with Crippen molar-refractivity contribution in [3.63, 3.8) is 0 Å². The molecule has 0 atom stereocenters. The van der Waals surface area contributed by atoms with Crippen LogP contribution in [-0.2, 0) is 0 Å². The lowest BCUT2D eigenvalue weighted by Gasteiger charge is -2.15. The molecule has 15 rings (SSSR count). The van der Waals surface area contributed by atoms with E-state index in [1.165, 1.54) is 43.4 Å². The number of nitrogens with zero attached hydrogens (tertiary/aromatic N) is 5. The monoisotopic (exact) mass is 801 g/mol. The van der Waals surface area contributed by atoms with Gasteiger partial charge in [-0.05, 0) is 92.7 Å². The molecule has 0 aliphatic heterocycles. The summed E-state index contributed by atoms with van der Waals surface area (Å²) in [6, 6.07) is 67.0. The maximum Gasteiger partial charge on any atom is 0.238 e. The van der Waals surface area contributed by atoms with Crippen molar-refractivity contribution >= 4 is 97.9 Å². The van der Waals surface area contributed by atoms with Crippen LogP contribution < -0.4 is 0 Å². The Balaban J connectivity index is 1.09. The molecule has 10 aromatic carbocycles. The zero-order valence-electron chi connectivity index (χ0n) is 33.5. The number of rotatable bonds is 4. The average molecular weight is 802 g/mol. The number of furan rings is 1. The number of aromatic nitrogens is 5. The number of para-hydroxylation sites is 2. The van der Waals surface area contributed by atoms with Crippen molar-refractivity contribution in [3.8, 4) is 45.5 Å². The van der Waals surface area contributed by atoms with E-state index < -0.39 is 0 Å². The summed E-state index contributed by atoms with van der Waals surface area (Å²) < 4.78 is 11.2. The first-order valence-corrected chi connectivity index (χ1v) is 21.4. The molecule has 0 spiro atoms. The van der Waals surface area contributed by atoms with E-state index in [1.807, 2.05) is 0 Å². The Bertz CT molecular complexity index is 4270. The zero-order valence-corrected chi connectivity index (χ0v) is 33.5. The molecule has 14 aromatic rings. The Labute approximate surface area is 358 Å². The van der Waals surface area contributed by atoms with Gasteiger partial charge in [-0.1, -0.05) is 133 Å². The second-order valence-corrected chi connectivity index (χ2v) is 16.7. The number of benzene rings is 10. The van der Waals surface area contributed by atoms with Gasteiger partial charge in [0.2, 0.25) is 5.95 Å². The first kappa shape index (κ1) is 33.1. The summed E-state index contributed by atoms with van der Waals surface area (Å²) in [5.41, 5.74) is 11.4. The van der Waals surface area contributed by atoms with Gasteiger partial charge in [0.15, 0.2) is 11.6 Å². The van der Waals surface area contributed by atoms with Crippen LogP contribution in [-0.4, -0.2) is 24.1 Å². The highest BCUT2D eigenvalue weighted by Crippen LogP contribution is 2.51. The highest BCUT2D eigenvalue weighted by Gasteiger charge is 2.28. The van der Waals surface area contributed by atoms with Gasteiger partial charge in [0.25, 0.3) is 0 Å². The predicted octanol–water partition coefficient (Wildman–Crippen LogP) is 14.7. The Hall–Kier alpha value is -8.61. The Morgan fingerprint density at radius 2 is 1.00 bits per heavy atom. The Kier molecular flexibility index (Phi) is 6.33. The van der Waals surface area contributed by atoms with Crippen molar-refractivity contribution in [1.29, 1.82) is 0 Å². The second-order valence-electron chi connectivity index (χ2n) is 16.7. The molecular formula is C57H31N5O. The van der Waals surface area contributed by atoms with E-state index in [0.29, 0.717) is 17.6 Å². The smallest absolute Gasteiger partial charge is 0.238 e. The number of hydrogen-bond donors (Lipinski definition) is 0. The maximum absolute atomic E-state index is 6.55. The molecule has 0 bridgehead atoms. The van der Waals surface area contributed by atoms with Gasteiger partial charge in [0.05, 0.1) is 22.1 Å². The molecule has 6 heteroatoms. The summed E-state index contributed by atoms with van der Waals surface area (Å²) in [5, 5.41) is 13.9. The lowest BCUT2D eigenvalue weighted by molar-refractivity contribution is 0.669. The molecule has 290 valence electrons. The standard InChI is InChI=1S/C57H31N5O/c1-2-14-36(15-3-1)61-43-21-9-8-18-39(43)40-27-24-35(31-46(40)61)55-58-56(50-37-16-6-4-12-33(37)30-34-13-5-7-17-38(34)50)60-57(59-55)62-44-22-10-19-41-42-20-11-23-47-52(42)54-48(63-47)29-26-32-25-28-45(62)53(49(32)54)51(41)44/h1-31H. The first-order chi connectivity index (χ1) is 31.2. The van der Waals surface area contributed by atoms with Crippen molar-refractivity contribution in [2.75, 3.05) is 0 Å². The molecule has 63 heavy (non-hydrogen) atoms. The van der Waals surface area contributed by atoms with Gasteiger partial charge in [-0.25, -0.2) is 4.98 Å². The van der Waals surface area contributed by atoms with Crippen LogP contribution in [0.25, 0.3) is 143 Å². The van der Waals surface area contributed by atoms with Crippen LogP contribution in [0.4, 0.5) is 0 Å². The third-order valence-corrected chi connectivity index (χ3v) is 13.5. The van der Waals surface area contributed by atoms with E-state index in [-0.39, 0.29) is 0 Å². The fraction of sp³-hybridized carbons (Fsp3) is 0. The molecule has 0 saturated heterocycles. The molecule has 0 radical (unpaired) electrons. The molecule has 4 heterocycles. The SMILES string of the molecule is c1ccc(-n2c3ccccc3c3ccc(-c4nc(-c5c6ccccc6cc6ccccc56)nc(-n5c6cccc7c6c6c8c(ccc9oc%10cccc-7c%10c98)ccc65)n4)cc32)cc1. The van der Waals surface area contributed by atoms with Crippen molar-refractivity contribution in [2.45, 2.75) is 0 Å². The first-order valence-electron chi connectivity index (χ1n) is 21.4. The lowest BCUT2D eigenvalue weighted by atomic mass is 9.96. The van der Waals surface area contributed by atoms with Gasteiger partial charge in [-0.3, -0.25) is 4.57 Å². The predicted molar refractivity (Wildman–Crippen MR) is 258 cm³/mol. The van der Waals surface area contributed by atoms with E-state index in [1.54, 1.807) is 0 Å². The zero-order chi connectivity index (χ0) is 40.9. The Morgan fingerprint density at radius 1 is 0.349 bits per heavy atom. The molecular weight excluding hydrogens is 771 g/mol. The highest BCUT2D eigenvalue weighted by molar-refractivity contribution is 6.37. The van der Waals surface area contributed by atoms with Gasteiger partial charge in [-0.15, -0.1) is 0 Å². The maximum atomic E-state index is 6.55. The van der Waals surface area contributed by atoms with Gasteiger partial charge in [0.1, 0.15) is 11.2 Å². The van der Waals surface area contributed by atoms with Crippen LogP contribution in [0.2, 0.25) is 0 Å². The molecule has 0 fully saturated rings. The van der Waals surface area contributed by atoms with E-state index in [0.717, 1.165) is 82.4 Å². The summed E-state index contributed by atoms with van der Waals surface area (Å²) in [4.78, 5) is 16.6. The van der Waals surface area contributed by atoms with Gasteiger partial charge < -0.3 is 8.98 Å². The summed E-state index contributed by atoms with van der Waals surface area (Å²) in [5.74, 6) is 1.78. The van der Waals surface area contributed by atoms with Crippen LogP contribution >= 0.6 is 0 Å². The van der Waals surface area contributed by atoms with Gasteiger partial charge >= 0.3 is 0 Å². The number of fused-ring (bicyclic) bond motifs is 6. The van der Waals surface area contributed by atoms with E-state index in [2.05, 4.69) is 197 Å². The molecule has 1 aliphatic carbocycles. The van der Waals surface area contributed by atoms with Crippen molar-refractivity contribution < 1.29 is 4.42 Å². The molecule has 0 saturated carbocycles. The fourth-order valence-corrected chi connectivity index (χ4v) is 10.9. The summed E-state index contributed by atoms with van der Waals surface area (Å²) in [6.07, 6.45) is 0. The molecule has 1 aliphatic rings. The van der Waals surface area contributed by atoms with Crippen molar-refractivity contribution in [3.05, 3.63) is 188 Å². The molecule has 6 nitrogen and oxygen atoms in total. The topological polar surface area (TPSA) is 61.7 Å². The minimum atomic E-state index is 0.561. The second kappa shape index (κ2) is 12.0. The number of hydrogen-bond acceptors (Lipinski definition) is 4. The normalized spacial score (nSPS) is 12.4. The summed E-state index contributed by atoms with van der Waals surface area (Å²) >= 11 is 0. The Morgan fingerprint density at radius 3 is 1.84 bits per heavy atom. The largest absolute Gasteiger partial charge is 0.456 e. The minimum absolute atomic E-state index is 0.561. The van der Waals surface area contributed by atoms with Gasteiger partial charge in [-0.2, -0.15) is 9.97 Å². The summed E-state index contributed by atoms with van der Waals surface area (Å²) in [7, 11) is 0. The van der Waals surface area contributed by atoms with Crippen LogP contribution in [0.1, 0.15) is 0 Å². The van der Waals surface area contributed by atoms with Crippen molar-refractivity contribution in [1.82, 2.24) is 24.1 Å². The molecule has 0 unspecified atom stereocenters. The average Bonchev–Trinajstić information content (AvgIpc) is 3.98. The van der Waals surface area contributed by atoms with E-state index in [4.69, 9.17) is 19.4 Å². The third kappa shape index (κ3) is 4.38. The van der Waals surface area contributed by atoms with Crippen LogP contribution in [0.5, 0.6) is 0 Å². The summed E-state index contributed by atoms with van der Waals surface area (Å²) in [6.45, 7) is 0. The van der Waals surface area contributed by atoms with Crippen LogP contribution in [0.15, 0.2) is 192 Å². The molecule has 0 N–H and O–H groups in total. The lowest BCUT2D eigenvalue weighted by Crippen LogP contribution is -2.07. The highest BCUT2D eigenvalue weighted by atomic mass is 16.3. The third-order valence-electron chi connectivity index (χ3n) is 13.5. The van der Waals surface area contributed by atoms with Gasteiger partial charge in [0, 0.05) is 54.5 Å². The van der Waals surface area contributed by atoms with Crippen LogP contribution in [0, 0.1) is 0 Å².